The van der Waals surface area contributed by atoms with Gasteiger partial charge in [0.2, 0.25) is 11.8 Å². The van der Waals surface area contributed by atoms with Gasteiger partial charge < -0.3 is 15.7 Å². The Kier molecular flexibility index (Phi) is 9.94. The van der Waals surface area contributed by atoms with Gasteiger partial charge in [0.15, 0.2) is 0 Å². The summed E-state index contributed by atoms with van der Waals surface area (Å²) in [4.78, 5) is 41.1. The van der Waals surface area contributed by atoms with Gasteiger partial charge in [0, 0.05) is 40.1 Å². The number of anilines is 1. The van der Waals surface area contributed by atoms with E-state index >= 15 is 0 Å². The Bertz CT molecular complexity index is 1220. The van der Waals surface area contributed by atoms with Gasteiger partial charge in [-0.2, -0.15) is 9.02 Å². The van der Waals surface area contributed by atoms with Crippen molar-refractivity contribution in [2.24, 2.45) is 0 Å². The van der Waals surface area contributed by atoms with Crippen LogP contribution in [0.4, 0.5) is 5.69 Å². The van der Waals surface area contributed by atoms with E-state index in [9.17, 15) is 14.4 Å². The number of carbonyl (C=O) groups excluding carboxylic acids is 2. The summed E-state index contributed by atoms with van der Waals surface area (Å²) in [5, 5.41) is 25.9. The quantitative estimate of drug-likeness (QED) is 0.104. The van der Waals surface area contributed by atoms with Crippen LogP contribution in [-0.2, 0) is 18.8 Å². The molecule has 1 aromatic heterocycles. The molecule has 0 radical (unpaired) electrons. The monoisotopic (exact) mass is 532 g/mol. The maximum absolute atomic E-state index is 12.9. The second-order valence-electron chi connectivity index (χ2n) is 7.07. The van der Waals surface area contributed by atoms with Crippen molar-refractivity contribution >= 4 is 53.2 Å². The molecule has 0 aliphatic carbocycles. The van der Waals surface area contributed by atoms with E-state index < -0.39 is 23.8 Å². The third kappa shape index (κ3) is 7.88. The molecule has 0 saturated carbocycles. The van der Waals surface area contributed by atoms with Crippen LogP contribution in [0.2, 0.25) is 5.02 Å². The fourth-order valence-corrected chi connectivity index (χ4v) is 3.64. The first-order valence-corrected chi connectivity index (χ1v) is 11.6. The van der Waals surface area contributed by atoms with Crippen LogP contribution in [0.15, 0.2) is 54.9 Å². The molecule has 3 N–H and O–H groups in total. The zero-order valence-corrected chi connectivity index (χ0v) is 20.4. The van der Waals surface area contributed by atoms with Crippen molar-refractivity contribution in [3.63, 3.8) is 0 Å². The number of nitrogens with zero attached hydrogens (tertiary/aromatic N) is 4. The van der Waals surface area contributed by atoms with Crippen LogP contribution in [0.25, 0.3) is 11.8 Å². The maximum Gasteiger partial charge on any atom is 0.335 e. The number of hydrogen-bond donors (Lipinski definition) is 3. The first-order chi connectivity index (χ1) is 17.4. The van der Waals surface area contributed by atoms with Crippen molar-refractivity contribution in [2.45, 2.75) is 12.5 Å². The molecule has 1 atom stereocenters. The molecule has 0 aliphatic rings. The molecule has 0 saturated heterocycles. The van der Waals surface area contributed by atoms with Crippen molar-refractivity contribution in [2.75, 3.05) is 18.2 Å². The SMILES string of the molecule is COOSCC[C@H](NC(=O)/C=C/c1cc(Cl)ccc1-n1cnnn1)C(=O)Nc1ccc(C(=O)O)cc1. The lowest BCUT2D eigenvalue weighted by Gasteiger charge is -2.17. The van der Waals surface area contributed by atoms with Crippen LogP contribution in [0, 0.1) is 0 Å². The molecule has 0 bridgehead atoms. The number of benzene rings is 2. The molecule has 2 aromatic carbocycles. The van der Waals surface area contributed by atoms with E-state index in [1.54, 1.807) is 18.2 Å². The van der Waals surface area contributed by atoms with Crippen molar-refractivity contribution in [3.8, 4) is 5.69 Å². The van der Waals surface area contributed by atoms with Gasteiger partial charge in [-0.3, -0.25) is 9.59 Å². The smallest absolute Gasteiger partial charge is 0.335 e. The van der Waals surface area contributed by atoms with Crippen LogP contribution >= 0.6 is 23.6 Å². The van der Waals surface area contributed by atoms with E-state index in [4.69, 9.17) is 21.0 Å². The fourth-order valence-electron chi connectivity index (χ4n) is 2.97. The Balaban J connectivity index is 1.71. The summed E-state index contributed by atoms with van der Waals surface area (Å²) in [6.07, 6.45) is 4.42. The van der Waals surface area contributed by atoms with E-state index in [0.717, 1.165) is 12.0 Å². The van der Waals surface area contributed by atoms with E-state index in [2.05, 4.69) is 31.0 Å². The van der Waals surface area contributed by atoms with Gasteiger partial charge in [0.1, 0.15) is 12.4 Å². The molecule has 14 heteroatoms. The zero-order valence-electron chi connectivity index (χ0n) is 18.8. The lowest BCUT2D eigenvalue weighted by molar-refractivity contribution is -0.160. The van der Waals surface area contributed by atoms with Gasteiger partial charge in [0.05, 0.1) is 18.4 Å². The van der Waals surface area contributed by atoms with Crippen LogP contribution in [-0.4, -0.2) is 62.0 Å². The number of carbonyl (C=O) groups is 3. The average Bonchev–Trinajstić information content (AvgIpc) is 3.39. The topological polar surface area (TPSA) is 158 Å². The number of amides is 2. The standard InChI is InChI=1S/C22H21ClN6O6S/c1-34-35-36-11-10-18(21(31)25-17-6-2-14(3-7-17)22(32)33)26-20(30)9-4-15-12-16(23)5-8-19(15)29-13-24-27-28-29/h2-9,12-13,18H,10-11H2,1H3,(H,25,31)(H,26,30)(H,32,33)/b9-4+/t18-/m0/s1. The van der Waals surface area contributed by atoms with Crippen molar-refractivity contribution < 1.29 is 28.7 Å². The summed E-state index contributed by atoms with van der Waals surface area (Å²) in [6.45, 7) is 0. The lowest BCUT2D eigenvalue weighted by Crippen LogP contribution is -2.43. The first-order valence-electron chi connectivity index (χ1n) is 10.4. The van der Waals surface area contributed by atoms with Crippen LogP contribution in [0.5, 0.6) is 0 Å². The summed E-state index contributed by atoms with van der Waals surface area (Å²) >= 11 is 7.08. The first kappa shape index (κ1) is 26.8. The van der Waals surface area contributed by atoms with E-state index in [-0.39, 0.29) is 12.0 Å². The number of aromatic nitrogens is 4. The minimum atomic E-state index is -1.08. The Morgan fingerprint density at radius 2 is 2.00 bits per heavy atom. The molecule has 0 unspecified atom stereocenters. The van der Waals surface area contributed by atoms with Crippen LogP contribution < -0.4 is 10.6 Å². The number of tetrazole rings is 1. The van der Waals surface area contributed by atoms with Gasteiger partial charge in [-0.25, -0.2) is 9.68 Å². The highest BCUT2D eigenvalue weighted by Gasteiger charge is 2.20. The predicted octanol–water partition coefficient (Wildman–Crippen LogP) is 2.77. The van der Waals surface area contributed by atoms with Crippen molar-refractivity contribution in [3.05, 3.63) is 71.0 Å². The van der Waals surface area contributed by atoms with E-state index in [1.807, 2.05) is 0 Å². The lowest BCUT2D eigenvalue weighted by atomic mass is 10.1. The zero-order chi connectivity index (χ0) is 25.9. The highest BCUT2D eigenvalue weighted by atomic mass is 35.5. The summed E-state index contributed by atoms with van der Waals surface area (Å²) in [5.74, 6) is -1.76. The van der Waals surface area contributed by atoms with Gasteiger partial charge in [-0.1, -0.05) is 11.6 Å². The molecule has 3 aromatic rings. The Labute approximate surface area is 214 Å². The second-order valence-corrected chi connectivity index (χ2v) is 8.29. The highest BCUT2D eigenvalue weighted by Crippen LogP contribution is 2.20. The number of rotatable bonds is 12. The van der Waals surface area contributed by atoms with Gasteiger partial charge >= 0.3 is 5.97 Å². The molecule has 0 aliphatic heterocycles. The second kappa shape index (κ2) is 13.3. The van der Waals surface area contributed by atoms with E-state index in [1.165, 1.54) is 54.5 Å². The molecule has 2 amide bonds. The van der Waals surface area contributed by atoms with Crippen molar-refractivity contribution in [1.82, 2.24) is 25.5 Å². The normalized spacial score (nSPS) is 11.8. The molecule has 1 heterocycles. The average molecular weight is 533 g/mol. The maximum atomic E-state index is 12.9. The van der Waals surface area contributed by atoms with Gasteiger partial charge in [0.25, 0.3) is 0 Å². The molecule has 188 valence electrons. The number of carboxylic acid groups (broad SMARTS) is 1. The number of nitrogens with one attached hydrogen (secondary N) is 2. The Morgan fingerprint density at radius 1 is 1.22 bits per heavy atom. The van der Waals surface area contributed by atoms with Crippen molar-refractivity contribution in [1.29, 1.82) is 0 Å². The third-order valence-electron chi connectivity index (χ3n) is 4.64. The highest BCUT2D eigenvalue weighted by molar-refractivity contribution is 7.94. The van der Waals surface area contributed by atoms with Crippen LogP contribution in [0.1, 0.15) is 22.3 Å². The minimum Gasteiger partial charge on any atom is -0.478 e. The summed E-state index contributed by atoms with van der Waals surface area (Å²) in [7, 11) is 1.35. The number of hydrogen-bond acceptors (Lipinski definition) is 9. The molecule has 36 heavy (non-hydrogen) atoms. The number of halogens is 1. The van der Waals surface area contributed by atoms with Gasteiger partial charge in [-0.05, 0) is 65.4 Å². The Morgan fingerprint density at radius 3 is 2.67 bits per heavy atom. The minimum absolute atomic E-state index is 0.0816. The van der Waals surface area contributed by atoms with E-state index in [0.29, 0.717) is 27.7 Å². The summed E-state index contributed by atoms with van der Waals surface area (Å²) in [5.41, 5.74) is 1.64. The Hall–Kier alpha value is -3.78. The molecular formula is C22H21ClN6O6S. The number of aromatic carboxylic acids is 1. The van der Waals surface area contributed by atoms with Crippen LogP contribution in [0.3, 0.4) is 0 Å². The van der Waals surface area contributed by atoms with Gasteiger partial charge in [-0.15, -0.1) is 5.10 Å². The predicted molar refractivity (Wildman–Crippen MR) is 132 cm³/mol. The number of carboxylic acids is 1. The third-order valence-corrected chi connectivity index (χ3v) is 5.51. The molecular weight excluding hydrogens is 512 g/mol. The fraction of sp³-hybridized carbons (Fsp3) is 0.182. The molecule has 0 fully saturated rings. The summed E-state index contributed by atoms with van der Waals surface area (Å²) in [6, 6.07) is 9.74. The molecule has 3 rings (SSSR count). The molecule has 0 spiro atoms. The largest absolute Gasteiger partial charge is 0.478 e. The molecule has 12 nitrogen and oxygen atoms in total. The summed E-state index contributed by atoms with van der Waals surface area (Å²) < 4.78 is 6.18.